The first-order chi connectivity index (χ1) is 8.45. The van der Waals surface area contributed by atoms with Crippen LogP contribution in [0, 0.1) is 5.92 Å². The van der Waals surface area contributed by atoms with Crippen molar-refractivity contribution in [3.05, 3.63) is 29.8 Å². The lowest BCUT2D eigenvalue weighted by Gasteiger charge is -2.20. The number of nitrogens with one attached hydrogen (secondary N) is 1. The Morgan fingerprint density at radius 3 is 2.22 bits per heavy atom. The molecule has 0 bridgehead atoms. The predicted octanol–water partition coefficient (Wildman–Crippen LogP) is 2.57. The monoisotopic (exact) mass is 266 g/mol. The summed E-state index contributed by atoms with van der Waals surface area (Å²) in [4.78, 5) is 13.1. The van der Waals surface area contributed by atoms with Crippen LogP contribution in [0.25, 0.3) is 0 Å². The van der Waals surface area contributed by atoms with Gasteiger partial charge in [0.25, 0.3) is 0 Å². The zero-order chi connectivity index (χ0) is 13.7. The summed E-state index contributed by atoms with van der Waals surface area (Å²) in [5, 5.41) is 2.94. The molecule has 1 aromatic carbocycles. The fraction of sp³-hybridized carbons (Fsp3) is 0.500. The fourth-order valence-corrected chi connectivity index (χ4v) is 2.00. The Labute approximate surface area is 114 Å². The Bertz CT molecular complexity index is 389. The van der Waals surface area contributed by atoms with Gasteiger partial charge in [0.2, 0.25) is 5.91 Å². The van der Waals surface area contributed by atoms with Gasteiger partial charge in [0.05, 0.1) is 12.1 Å². The second-order valence-electron chi connectivity index (χ2n) is 4.77. The molecular weight excluding hydrogens is 244 g/mol. The molecule has 0 saturated carbocycles. The minimum absolute atomic E-state index is 0.0155. The molecule has 3 N–H and O–H groups in total. The lowest BCUT2D eigenvalue weighted by atomic mass is 10.0. The van der Waals surface area contributed by atoms with E-state index >= 15 is 0 Å². The van der Waals surface area contributed by atoms with Crippen molar-refractivity contribution in [3.63, 3.8) is 0 Å². The van der Waals surface area contributed by atoms with E-state index in [1.165, 1.54) is 4.90 Å². The van der Waals surface area contributed by atoms with Gasteiger partial charge in [0.15, 0.2) is 0 Å². The van der Waals surface area contributed by atoms with E-state index in [4.69, 9.17) is 5.73 Å². The maximum atomic E-state index is 11.9. The van der Waals surface area contributed by atoms with Gasteiger partial charge >= 0.3 is 0 Å². The van der Waals surface area contributed by atoms with E-state index in [1.54, 1.807) is 11.8 Å². The van der Waals surface area contributed by atoms with Gasteiger partial charge < -0.3 is 11.1 Å². The summed E-state index contributed by atoms with van der Waals surface area (Å²) in [7, 11) is 0. The molecule has 0 aliphatic heterocycles. The van der Waals surface area contributed by atoms with Gasteiger partial charge in [0, 0.05) is 4.90 Å². The first kappa shape index (κ1) is 15.1. The van der Waals surface area contributed by atoms with Gasteiger partial charge in [-0.05, 0) is 36.8 Å². The van der Waals surface area contributed by atoms with Crippen molar-refractivity contribution in [2.75, 3.05) is 6.26 Å². The average molecular weight is 266 g/mol. The number of thioether (sulfide) groups is 1. The van der Waals surface area contributed by atoms with Gasteiger partial charge in [-0.2, -0.15) is 0 Å². The van der Waals surface area contributed by atoms with Crippen molar-refractivity contribution in [2.24, 2.45) is 11.7 Å². The van der Waals surface area contributed by atoms with Crippen molar-refractivity contribution in [1.82, 2.24) is 5.32 Å². The van der Waals surface area contributed by atoms with E-state index in [0.717, 1.165) is 5.56 Å². The largest absolute Gasteiger partial charge is 0.348 e. The third kappa shape index (κ3) is 4.03. The van der Waals surface area contributed by atoms with Crippen LogP contribution in [0.15, 0.2) is 29.2 Å². The van der Waals surface area contributed by atoms with Crippen LogP contribution in [-0.4, -0.2) is 18.2 Å². The van der Waals surface area contributed by atoms with Crippen LogP contribution in [-0.2, 0) is 4.79 Å². The Hall–Kier alpha value is -1.00. The molecule has 100 valence electrons. The van der Waals surface area contributed by atoms with E-state index in [1.807, 2.05) is 39.2 Å². The number of rotatable bonds is 5. The van der Waals surface area contributed by atoms with Crippen molar-refractivity contribution in [1.29, 1.82) is 0 Å². The van der Waals surface area contributed by atoms with E-state index in [-0.39, 0.29) is 17.9 Å². The minimum atomic E-state index is -0.446. The van der Waals surface area contributed by atoms with Crippen LogP contribution in [0.2, 0.25) is 0 Å². The Morgan fingerprint density at radius 1 is 1.22 bits per heavy atom. The maximum absolute atomic E-state index is 11.9. The second-order valence-corrected chi connectivity index (χ2v) is 5.65. The molecule has 1 rings (SSSR count). The van der Waals surface area contributed by atoms with Crippen LogP contribution in [0.1, 0.15) is 32.4 Å². The molecule has 0 aliphatic rings. The standard InChI is InChI=1S/C14H22N2OS/c1-9(2)13(15)14(17)16-10(3)11-5-7-12(18-4)8-6-11/h5-10,13H,15H2,1-4H3,(H,16,17)/t10?,13-/m1/s1. The Kier molecular flexibility index (Phi) is 5.69. The van der Waals surface area contributed by atoms with Crippen LogP contribution < -0.4 is 11.1 Å². The number of hydrogen-bond donors (Lipinski definition) is 2. The summed E-state index contributed by atoms with van der Waals surface area (Å²) in [5.74, 6) is 0.0579. The molecule has 1 aromatic rings. The Morgan fingerprint density at radius 2 is 1.78 bits per heavy atom. The normalized spacial score (nSPS) is 14.3. The average Bonchev–Trinajstić information content (AvgIpc) is 2.37. The quantitative estimate of drug-likeness (QED) is 0.805. The molecule has 4 heteroatoms. The molecule has 18 heavy (non-hydrogen) atoms. The third-order valence-corrected chi connectivity index (χ3v) is 3.74. The fourth-order valence-electron chi connectivity index (χ4n) is 1.59. The smallest absolute Gasteiger partial charge is 0.237 e. The molecule has 3 nitrogen and oxygen atoms in total. The summed E-state index contributed by atoms with van der Waals surface area (Å²) in [5.41, 5.74) is 6.91. The number of benzene rings is 1. The number of carbonyl (C=O) groups is 1. The molecule has 2 atom stereocenters. The zero-order valence-electron chi connectivity index (χ0n) is 11.4. The lowest BCUT2D eigenvalue weighted by Crippen LogP contribution is -2.44. The highest BCUT2D eigenvalue weighted by Crippen LogP contribution is 2.19. The molecule has 0 spiro atoms. The highest BCUT2D eigenvalue weighted by Gasteiger charge is 2.19. The summed E-state index contributed by atoms with van der Waals surface area (Å²) < 4.78 is 0. The number of carbonyl (C=O) groups excluding carboxylic acids is 1. The second kappa shape index (κ2) is 6.81. The minimum Gasteiger partial charge on any atom is -0.348 e. The summed E-state index contributed by atoms with van der Waals surface area (Å²) in [6, 6.07) is 7.74. The first-order valence-corrected chi connectivity index (χ1v) is 7.38. The molecule has 1 amide bonds. The van der Waals surface area contributed by atoms with E-state index in [0.29, 0.717) is 0 Å². The van der Waals surface area contributed by atoms with Crippen molar-refractivity contribution in [3.8, 4) is 0 Å². The van der Waals surface area contributed by atoms with Gasteiger partial charge in [-0.1, -0.05) is 26.0 Å². The first-order valence-electron chi connectivity index (χ1n) is 6.15. The number of hydrogen-bond acceptors (Lipinski definition) is 3. The van der Waals surface area contributed by atoms with Gasteiger partial charge in [-0.25, -0.2) is 0 Å². The van der Waals surface area contributed by atoms with E-state index in [9.17, 15) is 4.79 Å². The predicted molar refractivity (Wildman–Crippen MR) is 77.6 cm³/mol. The highest BCUT2D eigenvalue weighted by molar-refractivity contribution is 7.98. The van der Waals surface area contributed by atoms with Crippen LogP contribution in [0.3, 0.4) is 0 Å². The summed E-state index contributed by atoms with van der Waals surface area (Å²) >= 11 is 1.70. The van der Waals surface area contributed by atoms with Gasteiger partial charge in [-0.3, -0.25) is 4.79 Å². The van der Waals surface area contributed by atoms with Crippen molar-refractivity contribution >= 4 is 17.7 Å². The molecule has 1 unspecified atom stereocenters. The number of nitrogens with two attached hydrogens (primary N) is 1. The van der Waals surface area contributed by atoms with Crippen LogP contribution in [0.5, 0.6) is 0 Å². The van der Waals surface area contributed by atoms with E-state index < -0.39 is 6.04 Å². The molecular formula is C14H22N2OS. The highest BCUT2D eigenvalue weighted by atomic mass is 32.2. The SMILES string of the molecule is CSc1ccc(C(C)NC(=O)[C@H](N)C(C)C)cc1. The maximum Gasteiger partial charge on any atom is 0.237 e. The summed E-state index contributed by atoms with van der Waals surface area (Å²) in [6.07, 6.45) is 2.04. The molecule has 0 radical (unpaired) electrons. The van der Waals surface area contributed by atoms with Crippen molar-refractivity contribution in [2.45, 2.75) is 37.8 Å². The van der Waals surface area contributed by atoms with Crippen LogP contribution in [0.4, 0.5) is 0 Å². The third-order valence-electron chi connectivity index (χ3n) is 3.00. The summed E-state index contributed by atoms with van der Waals surface area (Å²) in [6.45, 7) is 5.86. The molecule has 0 heterocycles. The van der Waals surface area contributed by atoms with E-state index in [2.05, 4.69) is 17.4 Å². The zero-order valence-corrected chi connectivity index (χ0v) is 12.3. The topological polar surface area (TPSA) is 55.1 Å². The molecule has 0 saturated heterocycles. The van der Waals surface area contributed by atoms with Crippen molar-refractivity contribution < 1.29 is 4.79 Å². The number of amides is 1. The lowest BCUT2D eigenvalue weighted by molar-refractivity contribution is -0.123. The molecule has 0 aromatic heterocycles. The molecule has 0 fully saturated rings. The van der Waals surface area contributed by atoms with Gasteiger partial charge in [-0.15, -0.1) is 11.8 Å². The molecule has 0 aliphatic carbocycles. The van der Waals surface area contributed by atoms with Gasteiger partial charge in [0.1, 0.15) is 0 Å². The van der Waals surface area contributed by atoms with Crippen LogP contribution >= 0.6 is 11.8 Å². The Balaban J connectivity index is 2.64.